The van der Waals surface area contributed by atoms with Gasteiger partial charge in [0, 0.05) is 11.6 Å². The molecule has 1 fully saturated rings. The maximum Gasteiger partial charge on any atom is 0.162 e. The van der Waals surface area contributed by atoms with Gasteiger partial charge in [0.1, 0.15) is 11.6 Å². The van der Waals surface area contributed by atoms with Crippen LogP contribution in [0.2, 0.25) is 0 Å². The molecular weight excluding hydrogens is 481 g/mol. The molecule has 0 radical (unpaired) electrons. The number of rotatable bonds is 12. The molecule has 1 aliphatic carbocycles. The normalized spacial score (nSPS) is 17.5. The Balaban J connectivity index is 1.32. The molecule has 0 aliphatic heterocycles. The van der Waals surface area contributed by atoms with Crippen LogP contribution < -0.4 is 4.74 Å². The molecule has 0 aromatic heterocycles. The van der Waals surface area contributed by atoms with E-state index in [-0.39, 0.29) is 11.7 Å². The molecule has 0 bridgehead atoms. The molecular formula is C34H41F3O. The van der Waals surface area contributed by atoms with Gasteiger partial charge in [-0.25, -0.2) is 13.2 Å². The lowest BCUT2D eigenvalue weighted by molar-refractivity contribution is 0.303. The van der Waals surface area contributed by atoms with E-state index in [2.05, 4.69) is 13.8 Å². The van der Waals surface area contributed by atoms with Gasteiger partial charge in [0.25, 0.3) is 0 Å². The van der Waals surface area contributed by atoms with Gasteiger partial charge in [-0.1, -0.05) is 88.8 Å². The molecule has 3 aromatic carbocycles. The number of benzene rings is 3. The van der Waals surface area contributed by atoms with Crippen LogP contribution in [0.3, 0.4) is 0 Å². The first-order chi connectivity index (χ1) is 18.5. The Kier molecular flexibility index (Phi) is 10.3. The van der Waals surface area contributed by atoms with Crippen molar-refractivity contribution in [1.82, 2.24) is 0 Å². The van der Waals surface area contributed by atoms with Crippen molar-refractivity contribution in [3.63, 3.8) is 0 Å². The van der Waals surface area contributed by atoms with E-state index >= 15 is 0 Å². The van der Waals surface area contributed by atoms with E-state index < -0.39 is 11.6 Å². The first kappa shape index (κ1) is 28.3. The lowest BCUT2D eigenvalue weighted by atomic mass is 9.79. The average Bonchev–Trinajstić information content (AvgIpc) is 2.93. The standard InChI is InChI=1S/C34H41F3O/c1-3-4-5-6-7-22-38-29-19-21-30(32(35)23-29)26-15-10-25(11-16-26)12-17-28-18-20-31(34(37)33(28)36)27-13-8-24(2)9-14-27/h10-11,15-16,18-21,23-24,27H,3-9,12-14,17,22H2,1-2H3. The molecule has 1 nitrogen and oxygen atoms in total. The summed E-state index contributed by atoms with van der Waals surface area (Å²) in [6.07, 6.45) is 10.8. The van der Waals surface area contributed by atoms with Crippen LogP contribution in [-0.4, -0.2) is 6.61 Å². The van der Waals surface area contributed by atoms with Crippen molar-refractivity contribution >= 4 is 0 Å². The first-order valence-corrected chi connectivity index (χ1v) is 14.4. The van der Waals surface area contributed by atoms with E-state index in [9.17, 15) is 13.2 Å². The topological polar surface area (TPSA) is 9.23 Å². The van der Waals surface area contributed by atoms with Crippen molar-refractivity contribution < 1.29 is 17.9 Å². The summed E-state index contributed by atoms with van der Waals surface area (Å²) < 4.78 is 50.3. The summed E-state index contributed by atoms with van der Waals surface area (Å²) in [6, 6.07) is 16.2. The van der Waals surface area contributed by atoms with Crippen LogP contribution in [0.25, 0.3) is 11.1 Å². The number of ether oxygens (including phenoxy) is 1. The number of unbranched alkanes of at least 4 members (excludes halogenated alkanes) is 4. The summed E-state index contributed by atoms with van der Waals surface area (Å²) in [5.41, 5.74) is 3.25. The predicted molar refractivity (Wildman–Crippen MR) is 150 cm³/mol. The summed E-state index contributed by atoms with van der Waals surface area (Å²) in [5, 5.41) is 0. The van der Waals surface area contributed by atoms with E-state index in [0.29, 0.717) is 47.8 Å². The highest BCUT2D eigenvalue weighted by molar-refractivity contribution is 5.65. The van der Waals surface area contributed by atoms with Crippen molar-refractivity contribution in [2.75, 3.05) is 6.61 Å². The second-order valence-corrected chi connectivity index (χ2v) is 11.0. The van der Waals surface area contributed by atoms with Crippen molar-refractivity contribution in [2.24, 2.45) is 5.92 Å². The Hall–Kier alpha value is -2.75. The average molecular weight is 523 g/mol. The largest absolute Gasteiger partial charge is 0.493 e. The third-order valence-corrected chi connectivity index (χ3v) is 8.05. The highest BCUT2D eigenvalue weighted by Gasteiger charge is 2.24. The van der Waals surface area contributed by atoms with Gasteiger partial charge < -0.3 is 4.74 Å². The van der Waals surface area contributed by atoms with Crippen LogP contribution in [0.5, 0.6) is 5.75 Å². The maximum atomic E-state index is 14.9. The van der Waals surface area contributed by atoms with Gasteiger partial charge in [0.05, 0.1) is 6.61 Å². The summed E-state index contributed by atoms with van der Waals surface area (Å²) in [4.78, 5) is 0. The number of halogens is 3. The van der Waals surface area contributed by atoms with Crippen molar-refractivity contribution in [3.8, 4) is 16.9 Å². The molecule has 0 unspecified atom stereocenters. The molecule has 1 aliphatic rings. The van der Waals surface area contributed by atoms with Crippen LogP contribution in [0.4, 0.5) is 13.2 Å². The molecule has 0 N–H and O–H groups in total. The fraction of sp³-hybridized carbons (Fsp3) is 0.471. The minimum Gasteiger partial charge on any atom is -0.493 e. The second-order valence-electron chi connectivity index (χ2n) is 11.0. The van der Waals surface area contributed by atoms with Gasteiger partial charge in [-0.3, -0.25) is 0 Å². The molecule has 4 heteroatoms. The first-order valence-electron chi connectivity index (χ1n) is 14.4. The van der Waals surface area contributed by atoms with Crippen LogP contribution in [0.1, 0.15) is 94.2 Å². The minimum atomic E-state index is -0.705. The summed E-state index contributed by atoms with van der Waals surface area (Å²) in [6.45, 7) is 5.01. The summed E-state index contributed by atoms with van der Waals surface area (Å²) >= 11 is 0. The third kappa shape index (κ3) is 7.42. The Morgan fingerprint density at radius 3 is 2.21 bits per heavy atom. The molecule has 38 heavy (non-hydrogen) atoms. The highest BCUT2D eigenvalue weighted by Crippen LogP contribution is 2.37. The van der Waals surface area contributed by atoms with E-state index in [1.165, 1.54) is 25.3 Å². The number of aryl methyl sites for hydroxylation is 2. The zero-order valence-electron chi connectivity index (χ0n) is 22.9. The quantitative estimate of drug-likeness (QED) is 0.215. The lowest BCUT2D eigenvalue weighted by Gasteiger charge is -2.27. The van der Waals surface area contributed by atoms with E-state index in [4.69, 9.17) is 4.74 Å². The minimum absolute atomic E-state index is 0.124. The van der Waals surface area contributed by atoms with Crippen LogP contribution in [0, 0.1) is 23.4 Å². The molecule has 1 saturated carbocycles. The van der Waals surface area contributed by atoms with Crippen LogP contribution in [-0.2, 0) is 12.8 Å². The predicted octanol–water partition coefficient (Wildman–Crippen LogP) is 10.2. The molecule has 4 rings (SSSR count). The van der Waals surface area contributed by atoms with E-state index in [1.54, 1.807) is 18.2 Å². The second kappa shape index (κ2) is 13.9. The van der Waals surface area contributed by atoms with Crippen LogP contribution in [0.15, 0.2) is 54.6 Å². The van der Waals surface area contributed by atoms with Crippen molar-refractivity contribution in [2.45, 2.75) is 90.4 Å². The van der Waals surface area contributed by atoms with Crippen LogP contribution >= 0.6 is 0 Å². The van der Waals surface area contributed by atoms with Crippen molar-refractivity contribution in [3.05, 3.63) is 88.7 Å². The molecule has 3 aromatic rings. The SMILES string of the molecule is CCCCCCCOc1ccc(-c2ccc(CCc3ccc(C4CCC(C)CC4)c(F)c3F)cc2)c(F)c1. The molecule has 204 valence electrons. The van der Waals surface area contributed by atoms with Gasteiger partial charge in [0.15, 0.2) is 11.6 Å². The maximum absolute atomic E-state index is 14.9. The van der Waals surface area contributed by atoms with Gasteiger partial charge in [0.2, 0.25) is 0 Å². The van der Waals surface area contributed by atoms with Gasteiger partial charge in [-0.05, 0) is 78.3 Å². The molecule has 0 atom stereocenters. The number of hydrogen-bond donors (Lipinski definition) is 0. The summed E-state index contributed by atoms with van der Waals surface area (Å²) in [5.74, 6) is -0.341. The fourth-order valence-electron chi connectivity index (χ4n) is 5.53. The molecule has 0 saturated heterocycles. The van der Waals surface area contributed by atoms with Crippen molar-refractivity contribution in [1.29, 1.82) is 0 Å². The van der Waals surface area contributed by atoms with E-state index in [1.807, 2.05) is 30.3 Å². The molecule has 0 amide bonds. The molecule has 0 spiro atoms. The van der Waals surface area contributed by atoms with Gasteiger partial charge in [-0.15, -0.1) is 0 Å². The third-order valence-electron chi connectivity index (χ3n) is 8.05. The zero-order chi connectivity index (χ0) is 26.9. The molecule has 0 heterocycles. The fourth-order valence-corrected chi connectivity index (χ4v) is 5.53. The van der Waals surface area contributed by atoms with Gasteiger partial charge in [-0.2, -0.15) is 0 Å². The Morgan fingerprint density at radius 1 is 0.763 bits per heavy atom. The Morgan fingerprint density at radius 2 is 1.50 bits per heavy atom. The smallest absolute Gasteiger partial charge is 0.162 e. The highest BCUT2D eigenvalue weighted by atomic mass is 19.2. The Labute approximate surface area is 226 Å². The summed E-state index contributed by atoms with van der Waals surface area (Å²) in [7, 11) is 0. The monoisotopic (exact) mass is 522 g/mol. The van der Waals surface area contributed by atoms with Gasteiger partial charge >= 0.3 is 0 Å². The zero-order valence-corrected chi connectivity index (χ0v) is 22.9. The Bertz CT molecular complexity index is 1160. The lowest BCUT2D eigenvalue weighted by Crippen LogP contribution is -2.13. The number of hydrogen-bond acceptors (Lipinski definition) is 1. The van der Waals surface area contributed by atoms with E-state index in [0.717, 1.165) is 49.7 Å².